The Morgan fingerprint density at radius 1 is 1.41 bits per heavy atom. The van der Waals surface area contributed by atoms with Crippen molar-refractivity contribution in [2.75, 3.05) is 0 Å². The summed E-state index contributed by atoms with van der Waals surface area (Å²) in [6.45, 7) is 5.22. The van der Waals surface area contributed by atoms with E-state index in [4.69, 9.17) is 16.1 Å². The monoisotopic (exact) mass is 254 g/mol. The number of aromatic nitrogens is 3. The molecule has 92 valence electrons. The van der Waals surface area contributed by atoms with Gasteiger partial charge in [0.1, 0.15) is 16.7 Å². The maximum atomic E-state index is 5.91. The Morgan fingerprint density at radius 3 is 2.71 bits per heavy atom. The maximum Gasteiger partial charge on any atom is 0.138 e. The molecular weight excluding hydrogens is 240 g/mol. The van der Waals surface area contributed by atoms with Gasteiger partial charge in [0.2, 0.25) is 0 Å². The smallest absolute Gasteiger partial charge is 0.138 e. The van der Waals surface area contributed by atoms with Crippen LogP contribution in [0.25, 0.3) is 0 Å². The molecule has 0 bridgehead atoms. The molecule has 1 N–H and O–H groups in total. The standard InChI is InChI=1S/C11H15ClN4O/c1-7-9(8(2)17-15-7)4-13-6-11-14-5-10(12)16(11)3/h5,13H,4,6H2,1-3H3. The van der Waals surface area contributed by atoms with Crippen LogP contribution in [0.15, 0.2) is 10.7 Å². The molecule has 2 heterocycles. The summed E-state index contributed by atoms with van der Waals surface area (Å²) >= 11 is 5.91. The maximum absolute atomic E-state index is 5.91. The van der Waals surface area contributed by atoms with Crippen molar-refractivity contribution in [2.24, 2.45) is 7.05 Å². The molecule has 0 aliphatic carbocycles. The van der Waals surface area contributed by atoms with Gasteiger partial charge in [0.15, 0.2) is 0 Å². The lowest BCUT2D eigenvalue weighted by molar-refractivity contribution is 0.391. The Hall–Kier alpha value is -1.33. The second kappa shape index (κ2) is 4.89. The van der Waals surface area contributed by atoms with Crippen LogP contribution in [0.5, 0.6) is 0 Å². The van der Waals surface area contributed by atoms with Gasteiger partial charge in [0.25, 0.3) is 0 Å². The van der Waals surface area contributed by atoms with Gasteiger partial charge in [-0.1, -0.05) is 16.8 Å². The molecule has 2 aromatic heterocycles. The summed E-state index contributed by atoms with van der Waals surface area (Å²) in [7, 11) is 1.89. The Labute approximate surface area is 105 Å². The van der Waals surface area contributed by atoms with Crippen LogP contribution < -0.4 is 5.32 Å². The predicted octanol–water partition coefficient (Wildman–Crippen LogP) is 1.97. The van der Waals surface area contributed by atoms with Gasteiger partial charge in [-0.15, -0.1) is 0 Å². The van der Waals surface area contributed by atoms with E-state index >= 15 is 0 Å². The van der Waals surface area contributed by atoms with Gasteiger partial charge in [-0.3, -0.25) is 0 Å². The molecule has 0 unspecified atom stereocenters. The Bertz CT molecular complexity index is 498. The van der Waals surface area contributed by atoms with Crippen molar-refractivity contribution in [3.8, 4) is 0 Å². The van der Waals surface area contributed by atoms with E-state index in [1.807, 2.05) is 25.5 Å². The van der Waals surface area contributed by atoms with Crippen LogP contribution in [-0.4, -0.2) is 14.7 Å². The van der Waals surface area contributed by atoms with Gasteiger partial charge < -0.3 is 14.4 Å². The third-order valence-electron chi connectivity index (χ3n) is 2.79. The molecule has 0 spiro atoms. The van der Waals surface area contributed by atoms with Crippen molar-refractivity contribution in [3.63, 3.8) is 0 Å². The van der Waals surface area contributed by atoms with Crippen molar-refractivity contribution >= 4 is 11.6 Å². The average molecular weight is 255 g/mol. The van der Waals surface area contributed by atoms with E-state index in [1.54, 1.807) is 6.20 Å². The van der Waals surface area contributed by atoms with Crippen molar-refractivity contribution in [3.05, 3.63) is 34.2 Å². The third-order valence-corrected chi connectivity index (χ3v) is 3.14. The lowest BCUT2D eigenvalue weighted by Crippen LogP contribution is -2.16. The van der Waals surface area contributed by atoms with E-state index in [1.165, 1.54) is 0 Å². The van der Waals surface area contributed by atoms with Crippen molar-refractivity contribution < 1.29 is 4.52 Å². The first-order valence-electron chi connectivity index (χ1n) is 5.38. The zero-order valence-electron chi connectivity index (χ0n) is 10.1. The topological polar surface area (TPSA) is 55.9 Å². The molecule has 5 nitrogen and oxygen atoms in total. The summed E-state index contributed by atoms with van der Waals surface area (Å²) < 4.78 is 6.94. The normalized spacial score (nSPS) is 11.1. The Kier molecular flexibility index (Phi) is 3.49. The van der Waals surface area contributed by atoms with Crippen molar-refractivity contribution in [1.82, 2.24) is 20.0 Å². The molecule has 6 heteroatoms. The third kappa shape index (κ3) is 2.50. The Balaban J connectivity index is 1.94. The number of hydrogen-bond acceptors (Lipinski definition) is 4. The number of nitrogens with zero attached hydrogens (tertiary/aromatic N) is 3. The number of hydrogen-bond donors (Lipinski definition) is 1. The fourth-order valence-electron chi connectivity index (χ4n) is 1.64. The van der Waals surface area contributed by atoms with Crippen LogP contribution in [0, 0.1) is 13.8 Å². The highest BCUT2D eigenvalue weighted by atomic mass is 35.5. The van der Waals surface area contributed by atoms with E-state index in [2.05, 4.69) is 15.5 Å². The summed E-state index contributed by atoms with van der Waals surface area (Å²) in [5.41, 5.74) is 2.03. The highest BCUT2D eigenvalue weighted by molar-refractivity contribution is 6.29. The average Bonchev–Trinajstić information content (AvgIpc) is 2.78. The molecule has 0 fully saturated rings. The van der Waals surface area contributed by atoms with Gasteiger partial charge in [-0.2, -0.15) is 0 Å². The van der Waals surface area contributed by atoms with Crippen LogP contribution in [0.2, 0.25) is 5.15 Å². The molecule has 17 heavy (non-hydrogen) atoms. The summed E-state index contributed by atoms with van der Waals surface area (Å²) in [6.07, 6.45) is 1.65. The van der Waals surface area contributed by atoms with Crippen LogP contribution in [0.3, 0.4) is 0 Å². The number of halogens is 1. The van der Waals surface area contributed by atoms with Crippen LogP contribution in [-0.2, 0) is 20.1 Å². The lowest BCUT2D eigenvalue weighted by Gasteiger charge is -2.05. The van der Waals surface area contributed by atoms with Crippen molar-refractivity contribution in [2.45, 2.75) is 26.9 Å². The number of rotatable bonds is 4. The van der Waals surface area contributed by atoms with Crippen LogP contribution in [0.4, 0.5) is 0 Å². The first kappa shape index (κ1) is 12.1. The first-order chi connectivity index (χ1) is 8.09. The molecule has 0 saturated heterocycles. The van der Waals surface area contributed by atoms with E-state index in [0.717, 1.165) is 22.8 Å². The minimum absolute atomic E-state index is 0.638. The van der Waals surface area contributed by atoms with E-state index < -0.39 is 0 Å². The van der Waals surface area contributed by atoms with E-state index in [-0.39, 0.29) is 0 Å². The minimum atomic E-state index is 0.638. The largest absolute Gasteiger partial charge is 0.361 e. The molecule has 0 aliphatic rings. The fourth-order valence-corrected chi connectivity index (χ4v) is 1.79. The highest BCUT2D eigenvalue weighted by Gasteiger charge is 2.09. The summed E-state index contributed by atoms with van der Waals surface area (Å²) in [5.74, 6) is 1.76. The molecule has 0 atom stereocenters. The highest BCUT2D eigenvalue weighted by Crippen LogP contribution is 2.12. The quantitative estimate of drug-likeness (QED) is 0.906. The number of aryl methyl sites for hydroxylation is 2. The fraction of sp³-hybridized carbons (Fsp3) is 0.455. The number of nitrogens with one attached hydrogen (secondary N) is 1. The summed E-state index contributed by atoms with van der Waals surface area (Å²) in [4.78, 5) is 4.21. The Morgan fingerprint density at radius 2 is 2.18 bits per heavy atom. The second-order valence-electron chi connectivity index (χ2n) is 3.96. The minimum Gasteiger partial charge on any atom is -0.361 e. The molecular formula is C11H15ClN4O. The van der Waals surface area contributed by atoms with Gasteiger partial charge >= 0.3 is 0 Å². The zero-order valence-corrected chi connectivity index (χ0v) is 10.9. The van der Waals surface area contributed by atoms with E-state index in [0.29, 0.717) is 18.2 Å². The SMILES string of the molecule is Cc1noc(C)c1CNCc1ncc(Cl)n1C. The van der Waals surface area contributed by atoms with E-state index in [9.17, 15) is 0 Å². The number of imidazole rings is 1. The second-order valence-corrected chi connectivity index (χ2v) is 4.35. The molecule has 0 saturated carbocycles. The van der Waals surface area contributed by atoms with Gasteiger partial charge in [-0.05, 0) is 13.8 Å². The zero-order chi connectivity index (χ0) is 12.4. The molecule has 2 aromatic rings. The van der Waals surface area contributed by atoms with Gasteiger partial charge in [0.05, 0.1) is 18.4 Å². The first-order valence-corrected chi connectivity index (χ1v) is 5.76. The van der Waals surface area contributed by atoms with Crippen LogP contribution in [0.1, 0.15) is 22.8 Å². The lowest BCUT2D eigenvalue weighted by atomic mass is 10.2. The molecule has 2 rings (SSSR count). The predicted molar refractivity (Wildman–Crippen MR) is 64.7 cm³/mol. The van der Waals surface area contributed by atoms with Crippen LogP contribution >= 0.6 is 11.6 Å². The molecule has 0 aromatic carbocycles. The summed E-state index contributed by atoms with van der Waals surface area (Å²) in [5, 5.41) is 7.84. The van der Waals surface area contributed by atoms with Crippen molar-refractivity contribution in [1.29, 1.82) is 0 Å². The molecule has 0 amide bonds. The van der Waals surface area contributed by atoms with Gasteiger partial charge in [-0.25, -0.2) is 4.98 Å². The molecule has 0 aliphatic heterocycles. The van der Waals surface area contributed by atoms with Gasteiger partial charge in [0, 0.05) is 19.2 Å². The molecule has 0 radical (unpaired) electrons. The summed E-state index contributed by atoms with van der Waals surface area (Å²) in [6, 6.07) is 0.